The van der Waals surface area contributed by atoms with Crippen LogP contribution in [0.5, 0.6) is 5.75 Å². The first kappa shape index (κ1) is 16.5. The molecule has 0 saturated carbocycles. The summed E-state index contributed by atoms with van der Waals surface area (Å²) < 4.78 is 9.92. The summed E-state index contributed by atoms with van der Waals surface area (Å²) in [7, 11) is 0. The molecule has 0 aliphatic heterocycles. The van der Waals surface area contributed by atoms with Gasteiger partial charge in [-0.05, 0) is 42.8 Å². The average molecular weight is 296 g/mol. The van der Waals surface area contributed by atoms with E-state index in [2.05, 4.69) is 4.98 Å². The number of nitro groups is 1. The number of Topliss-reactive ketones (excluding diaryl/α,β-unsaturated/α-hetero) is 1. The first-order chi connectivity index (χ1) is 9.80. The standard InChI is InChI=1S/C13H16N2O6/c1-4-20-12(17)13(2,3)10(16)8-21-9-6-5-7-14-11(9)15(18)19/h5-7H,4,8H2,1-3H3. The van der Waals surface area contributed by atoms with E-state index in [0.29, 0.717) is 0 Å². The molecule has 8 heteroatoms. The highest BCUT2D eigenvalue weighted by atomic mass is 16.6. The van der Waals surface area contributed by atoms with Gasteiger partial charge in [0.2, 0.25) is 5.75 Å². The van der Waals surface area contributed by atoms with Crippen molar-refractivity contribution in [2.75, 3.05) is 13.2 Å². The van der Waals surface area contributed by atoms with Crippen molar-refractivity contribution in [2.24, 2.45) is 5.41 Å². The normalized spacial score (nSPS) is 10.8. The molecule has 0 radical (unpaired) electrons. The Hall–Kier alpha value is -2.51. The molecule has 21 heavy (non-hydrogen) atoms. The summed E-state index contributed by atoms with van der Waals surface area (Å²) in [6.07, 6.45) is 1.25. The third-order valence-electron chi connectivity index (χ3n) is 2.77. The third-order valence-corrected chi connectivity index (χ3v) is 2.77. The highest BCUT2D eigenvalue weighted by Gasteiger charge is 2.37. The number of pyridine rings is 1. The van der Waals surface area contributed by atoms with Crippen molar-refractivity contribution >= 4 is 17.6 Å². The van der Waals surface area contributed by atoms with Gasteiger partial charge in [0.25, 0.3) is 0 Å². The molecule has 8 nitrogen and oxygen atoms in total. The van der Waals surface area contributed by atoms with Crippen LogP contribution in [0.15, 0.2) is 18.3 Å². The Bertz CT molecular complexity index is 555. The van der Waals surface area contributed by atoms with Crippen LogP contribution in [0.25, 0.3) is 0 Å². The summed E-state index contributed by atoms with van der Waals surface area (Å²) in [4.78, 5) is 37.3. The number of carbonyl (C=O) groups is 2. The van der Waals surface area contributed by atoms with Gasteiger partial charge in [-0.1, -0.05) is 0 Å². The van der Waals surface area contributed by atoms with Gasteiger partial charge in [-0.25, -0.2) is 0 Å². The summed E-state index contributed by atoms with van der Waals surface area (Å²) in [6, 6.07) is 2.78. The lowest BCUT2D eigenvalue weighted by molar-refractivity contribution is -0.390. The zero-order valence-electron chi connectivity index (χ0n) is 12.0. The van der Waals surface area contributed by atoms with Gasteiger partial charge in [-0.2, -0.15) is 0 Å². The number of aromatic nitrogens is 1. The lowest BCUT2D eigenvalue weighted by Crippen LogP contribution is -2.38. The SMILES string of the molecule is CCOC(=O)C(C)(C)C(=O)COc1cccnc1[N+](=O)[O-]. The molecule has 1 heterocycles. The number of rotatable bonds is 7. The fourth-order valence-electron chi connectivity index (χ4n) is 1.38. The lowest BCUT2D eigenvalue weighted by atomic mass is 9.88. The molecule has 0 atom stereocenters. The topological polar surface area (TPSA) is 109 Å². The quantitative estimate of drug-likeness (QED) is 0.325. The molecule has 0 aliphatic carbocycles. The van der Waals surface area contributed by atoms with Crippen molar-refractivity contribution in [3.05, 3.63) is 28.4 Å². The minimum absolute atomic E-state index is 0.129. The molecule has 0 amide bonds. The maximum absolute atomic E-state index is 12.0. The van der Waals surface area contributed by atoms with Gasteiger partial charge in [-0.15, -0.1) is 0 Å². The van der Waals surface area contributed by atoms with E-state index in [1.54, 1.807) is 6.92 Å². The van der Waals surface area contributed by atoms with Crippen molar-refractivity contribution < 1.29 is 24.0 Å². The van der Waals surface area contributed by atoms with Crippen molar-refractivity contribution in [3.8, 4) is 5.75 Å². The predicted molar refractivity (Wildman–Crippen MR) is 71.8 cm³/mol. The lowest BCUT2D eigenvalue weighted by Gasteiger charge is -2.20. The monoisotopic (exact) mass is 296 g/mol. The van der Waals surface area contributed by atoms with Gasteiger partial charge < -0.3 is 19.6 Å². The minimum Gasteiger partial charge on any atom is -0.478 e. The molecule has 0 N–H and O–H groups in total. The van der Waals surface area contributed by atoms with Gasteiger partial charge in [0.15, 0.2) is 5.78 Å². The number of carbonyl (C=O) groups excluding carboxylic acids is 2. The van der Waals surface area contributed by atoms with Crippen LogP contribution in [0.4, 0.5) is 5.82 Å². The van der Waals surface area contributed by atoms with E-state index in [0.717, 1.165) is 0 Å². The van der Waals surface area contributed by atoms with Crippen molar-refractivity contribution in [3.63, 3.8) is 0 Å². The molecule has 0 saturated heterocycles. The maximum atomic E-state index is 12.0. The molecule has 0 aromatic carbocycles. The number of ketones is 1. The van der Waals surface area contributed by atoms with Crippen molar-refractivity contribution in [1.29, 1.82) is 0 Å². The van der Waals surface area contributed by atoms with E-state index in [-0.39, 0.29) is 12.4 Å². The molecular formula is C13H16N2O6. The summed E-state index contributed by atoms with van der Waals surface area (Å²) in [6.45, 7) is 4.12. The zero-order chi connectivity index (χ0) is 16.0. The Labute approximate surface area is 121 Å². The fourth-order valence-corrected chi connectivity index (χ4v) is 1.38. The van der Waals surface area contributed by atoms with Crippen LogP contribution >= 0.6 is 0 Å². The van der Waals surface area contributed by atoms with Crippen molar-refractivity contribution in [2.45, 2.75) is 20.8 Å². The van der Waals surface area contributed by atoms with Gasteiger partial charge in [-0.3, -0.25) is 9.59 Å². The Morgan fingerprint density at radius 3 is 2.67 bits per heavy atom. The fraction of sp³-hybridized carbons (Fsp3) is 0.462. The van der Waals surface area contributed by atoms with Crippen LogP contribution in [0, 0.1) is 15.5 Å². The third kappa shape index (κ3) is 3.98. The number of hydrogen-bond acceptors (Lipinski definition) is 7. The second-order valence-corrected chi connectivity index (χ2v) is 4.64. The Morgan fingerprint density at radius 1 is 1.43 bits per heavy atom. The molecule has 114 valence electrons. The maximum Gasteiger partial charge on any atom is 0.406 e. The Morgan fingerprint density at radius 2 is 2.10 bits per heavy atom. The molecule has 0 fully saturated rings. The highest BCUT2D eigenvalue weighted by molar-refractivity contribution is 6.03. The summed E-state index contributed by atoms with van der Waals surface area (Å²) in [5.74, 6) is -1.83. The molecule has 1 rings (SSSR count). The smallest absolute Gasteiger partial charge is 0.406 e. The molecule has 1 aromatic heterocycles. The van der Waals surface area contributed by atoms with Crippen LogP contribution in [0.1, 0.15) is 20.8 Å². The average Bonchev–Trinajstić information content (AvgIpc) is 2.45. The summed E-state index contributed by atoms with van der Waals surface area (Å²) in [5, 5.41) is 10.8. The molecule has 0 bridgehead atoms. The van der Waals surface area contributed by atoms with Crippen LogP contribution in [-0.4, -0.2) is 34.9 Å². The van der Waals surface area contributed by atoms with E-state index in [4.69, 9.17) is 9.47 Å². The van der Waals surface area contributed by atoms with Crippen LogP contribution < -0.4 is 4.74 Å². The molecular weight excluding hydrogens is 280 g/mol. The van der Waals surface area contributed by atoms with Crippen LogP contribution in [-0.2, 0) is 14.3 Å². The first-order valence-corrected chi connectivity index (χ1v) is 6.23. The Kier molecular flexibility index (Phi) is 5.34. The summed E-state index contributed by atoms with van der Waals surface area (Å²) in [5.41, 5.74) is -1.38. The minimum atomic E-state index is -1.38. The predicted octanol–water partition coefficient (Wildman–Crippen LogP) is 1.53. The highest BCUT2D eigenvalue weighted by Crippen LogP contribution is 2.24. The largest absolute Gasteiger partial charge is 0.478 e. The van der Waals surface area contributed by atoms with E-state index in [1.807, 2.05) is 0 Å². The van der Waals surface area contributed by atoms with Gasteiger partial charge >= 0.3 is 11.8 Å². The van der Waals surface area contributed by atoms with Gasteiger partial charge in [0, 0.05) is 0 Å². The van der Waals surface area contributed by atoms with E-state index in [1.165, 1.54) is 32.2 Å². The second kappa shape index (κ2) is 6.78. The van der Waals surface area contributed by atoms with E-state index < -0.39 is 34.5 Å². The van der Waals surface area contributed by atoms with E-state index >= 15 is 0 Å². The van der Waals surface area contributed by atoms with E-state index in [9.17, 15) is 19.7 Å². The Balaban J connectivity index is 2.78. The molecule has 0 aliphatic rings. The van der Waals surface area contributed by atoms with Crippen LogP contribution in [0.3, 0.4) is 0 Å². The summed E-state index contributed by atoms with van der Waals surface area (Å²) >= 11 is 0. The number of hydrogen-bond donors (Lipinski definition) is 0. The second-order valence-electron chi connectivity index (χ2n) is 4.64. The number of esters is 1. The zero-order valence-corrected chi connectivity index (χ0v) is 12.0. The number of ether oxygens (including phenoxy) is 2. The van der Waals surface area contributed by atoms with Crippen LogP contribution in [0.2, 0.25) is 0 Å². The van der Waals surface area contributed by atoms with Crippen molar-refractivity contribution in [1.82, 2.24) is 4.98 Å². The number of nitrogens with zero attached hydrogens (tertiary/aromatic N) is 2. The van der Waals surface area contributed by atoms with Gasteiger partial charge in [0.05, 0.1) is 6.61 Å². The van der Waals surface area contributed by atoms with Gasteiger partial charge in [0.1, 0.15) is 18.2 Å². The molecule has 0 spiro atoms. The molecule has 1 aromatic rings. The first-order valence-electron chi connectivity index (χ1n) is 6.23. The molecule has 0 unspecified atom stereocenters.